The Balaban J connectivity index is 1.43. The standard InChI is InChI=1S/C29H35ClF2N6O2/c1-4-20-12-29(28(39)40,8-9-38(20)16-18-6-5-7-22(30)26(18)31)13-23-27(32)21(19-14-37(3)15-19)11-24(33-23)34-25-10-17(2)35-36-25/h5-7,10-11,19-20H,4,8-9,12-16H2,1-3H3,(H,39,40)(H2,33,34,35,36)/t20-,29-/m1/s1. The van der Waals surface area contributed by atoms with E-state index in [0.717, 1.165) is 18.8 Å². The fraction of sp³-hybridized carbons (Fsp3) is 0.483. The van der Waals surface area contributed by atoms with Gasteiger partial charge in [0, 0.05) is 55.3 Å². The molecular formula is C29H35ClF2N6O2. The van der Waals surface area contributed by atoms with Crippen LogP contribution >= 0.6 is 11.6 Å². The number of aliphatic carboxylic acids is 1. The van der Waals surface area contributed by atoms with E-state index in [1.807, 2.05) is 27.0 Å². The van der Waals surface area contributed by atoms with Gasteiger partial charge in [-0.2, -0.15) is 5.10 Å². The SMILES string of the molecule is CC[C@@H]1C[C@](Cc2nc(Nc3cc(C)[nH]n3)cc(C3CN(C)C3)c2F)(C(=O)O)CCN1Cc1cccc(Cl)c1F. The fourth-order valence-corrected chi connectivity index (χ4v) is 6.26. The average Bonchev–Trinajstić information content (AvgIpc) is 3.31. The second-order valence-corrected chi connectivity index (χ2v) is 11.7. The maximum atomic E-state index is 16.0. The van der Waals surface area contributed by atoms with Crippen molar-refractivity contribution in [3.8, 4) is 0 Å². The van der Waals surface area contributed by atoms with Crippen LogP contribution in [0.15, 0.2) is 30.3 Å². The number of hydrogen-bond acceptors (Lipinski definition) is 6. The van der Waals surface area contributed by atoms with Crippen molar-refractivity contribution in [2.75, 3.05) is 32.0 Å². The van der Waals surface area contributed by atoms with Crippen molar-refractivity contribution in [1.29, 1.82) is 0 Å². The molecule has 0 amide bonds. The molecule has 2 saturated heterocycles. The minimum Gasteiger partial charge on any atom is -0.481 e. The number of carboxylic acids is 1. The maximum absolute atomic E-state index is 16.0. The van der Waals surface area contributed by atoms with Gasteiger partial charge in [-0.05, 0) is 57.5 Å². The van der Waals surface area contributed by atoms with Crippen LogP contribution in [0.1, 0.15) is 54.6 Å². The molecule has 0 bridgehead atoms. The molecule has 2 aromatic heterocycles. The number of benzene rings is 1. The molecule has 214 valence electrons. The summed E-state index contributed by atoms with van der Waals surface area (Å²) in [4.78, 5) is 21.6. The number of rotatable bonds is 9. The summed E-state index contributed by atoms with van der Waals surface area (Å²) in [5.41, 5.74) is 0.829. The molecule has 40 heavy (non-hydrogen) atoms. The number of anilines is 2. The van der Waals surface area contributed by atoms with Gasteiger partial charge in [-0.25, -0.2) is 13.8 Å². The van der Waals surface area contributed by atoms with Crippen LogP contribution in [0, 0.1) is 24.0 Å². The minimum atomic E-state index is -1.20. The van der Waals surface area contributed by atoms with Crippen LogP contribution in [0.25, 0.3) is 0 Å². The second-order valence-electron chi connectivity index (χ2n) is 11.3. The van der Waals surface area contributed by atoms with Gasteiger partial charge in [-0.1, -0.05) is 30.7 Å². The minimum absolute atomic E-state index is 0.00632. The van der Waals surface area contributed by atoms with E-state index in [9.17, 15) is 14.3 Å². The number of likely N-dealkylation sites (tertiary alicyclic amines) is 2. The van der Waals surface area contributed by atoms with Crippen molar-refractivity contribution >= 4 is 29.2 Å². The van der Waals surface area contributed by atoms with Crippen LogP contribution in [0.2, 0.25) is 5.02 Å². The normalized spacial score (nSPS) is 22.3. The van der Waals surface area contributed by atoms with Gasteiger partial charge in [-0.15, -0.1) is 0 Å². The summed E-state index contributed by atoms with van der Waals surface area (Å²) < 4.78 is 30.7. The Morgan fingerprint density at radius 1 is 1.25 bits per heavy atom. The molecule has 2 aliphatic heterocycles. The van der Waals surface area contributed by atoms with Crippen LogP contribution in [0.5, 0.6) is 0 Å². The number of carbonyl (C=O) groups is 1. The lowest BCUT2D eigenvalue weighted by Gasteiger charge is -2.44. The molecule has 1 aromatic carbocycles. The van der Waals surface area contributed by atoms with E-state index in [1.54, 1.807) is 18.2 Å². The average molecular weight is 573 g/mol. The Hall–Kier alpha value is -3.08. The van der Waals surface area contributed by atoms with E-state index < -0.39 is 23.0 Å². The number of carboxylic acid groups (broad SMARTS) is 1. The van der Waals surface area contributed by atoms with Gasteiger partial charge < -0.3 is 15.3 Å². The lowest BCUT2D eigenvalue weighted by Crippen LogP contribution is -2.50. The van der Waals surface area contributed by atoms with Crippen molar-refractivity contribution < 1.29 is 18.7 Å². The molecule has 11 heteroatoms. The third-order valence-corrected chi connectivity index (χ3v) is 8.67. The summed E-state index contributed by atoms with van der Waals surface area (Å²) in [6.07, 6.45) is 1.24. The van der Waals surface area contributed by atoms with E-state index in [-0.39, 0.29) is 29.1 Å². The summed E-state index contributed by atoms with van der Waals surface area (Å²) in [6.45, 7) is 6.07. The highest BCUT2D eigenvalue weighted by molar-refractivity contribution is 6.30. The van der Waals surface area contributed by atoms with Crippen LogP contribution in [-0.4, -0.2) is 68.8 Å². The van der Waals surface area contributed by atoms with Gasteiger partial charge in [0.1, 0.15) is 17.5 Å². The molecule has 5 rings (SSSR count). The number of nitrogens with one attached hydrogen (secondary N) is 2. The number of likely N-dealkylation sites (N-methyl/N-ethyl adjacent to an activating group) is 1. The molecule has 2 fully saturated rings. The molecule has 0 saturated carbocycles. The van der Waals surface area contributed by atoms with Crippen LogP contribution in [-0.2, 0) is 17.8 Å². The molecule has 0 aliphatic carbocycles. The number of halogens is 3. The first-order chi connectivity index (χ1) is 19.1. The van der Waals surface area contributed by atoms with Gasteiger partial charge in [-0.3, -0.25) is 14.8 Å². The van der Waals surface area contributed by atoms with E-state index in [2.05, 4.69) is 30.3 Å². The molecule has 2 atom stereocenters. The van der Waals surface area contributed by atoms with Crippen LogP contribution in [0.4, 0.5) is 20.4 Å². The monoisotopic (exact) mass is 572 g/mol. The molecular weight excluding hydrogens is 538 g/mol. The fourth-order valence-electron chi connectivity index (χ4n) is 6.06. The highest BCUT2D eigenvalue weighted by Crippen LogP contribution is 2.42. The first-order valence-corrected chi connectivity index (χ1v) is 14.0. The third kappa shape index (κ3) is 5.70. The molecule has 0 radical (unpaired) electrons. The number of aromatic amines is 1. The summed E-state index contributed by atoms with van der Waals surface area (Å²) >= 11 is 5.99. The highest BCUT2D eigenvalue weighted by Gasteiger charge is 2.46. The van der Waals surface area contributed by atoms with E-state index in [4.69, 9.17) is 11.6 Å². The van der Waals surface area contributed by atoms with Gasteiger partial charge in [0.2, 0.25) is 0 Å². The molecule has 0 unspecified atom stereocenters. The Kier molecular flexibility index (Phi) is 8.13. The zero-order chi connectivity index (χ0) is 28.6. The zero-order valence-electron chi connectivity index (χ0n) is 23.0. The summed E-state index contributed by atoms with van der Waals surface area (Å²) in [5.74, 6) is -0.850. The van der Waals surface area contributed by atoms with Crippen molar-refractivity contribution in [3.63, 3.8) is 0 Å². The number of hydrogen-bond donors (Lipinski definition) is 3. The molecule has 0 spiro atoms. The van der Waals surface area contributed by atoms with Gasteiger partial charge in [0.25, 0.3) is 0 Å². The topological polar surface area (TPSA) is 97.4 Å². The van der Waals surface area contributed by atoms with Crippen LogP contribution in [0.3, 0.4) is 0 Å². The van der Waals surface area contributed by atoms with E-state index >= 15 is 4.39 Å². The van der Waals surface area contributed by atoms with Crippen molar-refractivity contribution in [2.24, 2.45) is 5.41 Å². The predicted molar refractivity (Wildman–Crippen MR) is 150 cm³/mol. The van der Waals surface area contributed by atoms with Crippen molar-refractivity contribution in [3.05, 3.63) is 69.5 Å². The Morgan fingerprint density at radius 3 is 2.67 bits per heavy atom. The zero-order valence-corrected chi connectivity index (χ0v) is 23.7. The molecule has 8 nitrogen and oxygen atoms in total. The molecule has 3 aromatic rings. The van der Waals surface area contributed by atoms with E-state index in [0.29, 0.717) is 55.1 Å². The number of aromatic nitrogens is 3. The Labute approximate surface area is 237 Å². The van der Waals surface area contributed by atoms with Gasteiger partial charge in [0.05, 0.1) is 16.1 Å². The number of aryl methyl sites for hydroxylation is 1. The highest BCUT2D eigenvalue weighted by atomic mass is 35.5. The summed E-state index contributed by atoms with van der Waals surface area (Å²) in [7, 11) is 1.98. The van der Waals surface area contributed by atoms with Gasteiger partial charge in [0.15, 0.2) is 5.82 Å². The Morgan fingerprint density at radius 2 is 2.02 bits per heavy atom. The molecule has 2 aliphatic rings. The maximum Gasteiger partial charge on any atom is 0.310 e. The summed E-state index contributed by atoms with van der Waals surface area (Å²) in [5, 5.41) is 20.8. The number of H-pyrrole nitrogens is 1. The number of piperidine rings is 1. The second kappa shape index (κ2) is 11.4. The lowest BCUT2D eigenvalue weighted by molar-refractivity contribution is -0.154. The summed E-state index contributed by atoms with van der Waals surface area (Å²) in [6, 6.07) is 8.33. The Bertz CT molecular complexity index is 1390. The van der Waals surface area contributed by atoms with Crippen LogP contribution < -0.4 is 5.32 Å². The predicted octanol–water partition coefficient (Wildman–Crippen LogP) is 5.51. The largest absolute Gasteiger partial charge is 0.481 e. The molecule has 3 N–H and O–H groups in total. The first kappa shape index (κ1) is 28.4. The van der Waals surface area contributed by atoms with E-state index in [1.165, 1.54) is 6.07 Å². The number of pyridine rings is 1. The quantitative estimate of drug-likeness (QED) is 0.311. The third-order valence-electron chi connectivity index (χ3n) is 8.38. The van der Waals surface area contributed by atoms with Gasteiger partial charge >= 0.3 is 5.97 Å². The molecule has 4 heterocycles. The number of nitrogens with zero attached hydrogens (tertiary/aromatic N) is 4. The smallest absolute Gasteiger partial charge is 0.310 e. The lowest BCUT2D eigenvalue weighted by atomic mass is 9.71. The van der Waals surface area contributed by atoms with Crippen molar-refractivity contribution in [1.82, 2.24) is 25.0 Å². The first-order valence-electron chi connectivity index (χ1n) is 13.7. The van der Waals surface area contributed by atoms with Crippen molar-refractivity contribution in [2.45, 2.75) is 58.0 Å².